The van der Waals surface area contributed by atoms with E-state index in [4.69, 9.17) is 21.0 Å². The molecule has 0 atom stereocenters. The van der Waals surface area contributed by atoms with Crippen LogP contribution in [0.2, 0.25) is 5.02 Å². The number of nitrogens with zero attached hydrogens (tertiary/aromatic N) is 1. The molecule has 112 valence electrons. The average molecular weight is 334 g/mol. The maximum absolute atomic E-state index is 12.3. The first-order valence-corrected chi connectivity index (χ1v) is 8.08. The zero-order valence-electron chi connectivity index (χ0n) is 11.7. The summed E-state index contributed by atoms with van der Waals surface area (Å²) in [5.41, 5.74) is 1.34. The van der Waals surface area contributed by atoms with E-state index in [1.807, 2.05) is 6.92 Å². The van der Waals surface area contributed by atoms with Crippen LogP contribution in [0.5, 0.6) is 0 Å². The Balaban J connectivity index is 2.38. The second kappa shape index (κ2) is 6.65. The molecule has 0 aliphatic carbocycles. The van der Waals surface area contributed by atoms with E-state index < -0.39 is 10.1 Å². The smallest absolute Gasteiger partial charge is 0.339 e. The molecular formula is C16H12ClNO3S. The lowest BCUT2D eigenvalue weighted by Gasteiger charge is -2.10. The van der Waals surface area contributed by atoms with Gasteiger partial charge >= 0.3 is 10.1 Å². The molecule has 0 unspecified atom stereocenters. The Bertz CT molecular complexity index is 850. The molecular weight excluding hydrogens is 322 g/mol. The molecule has 0 N–H and O–H groups in total. The first-order chi connectivity index (χ1) is 10.4. The minimum Gasteiger partial charge on any atom is -0.378 e. The Morgan fingerprint density at radius 3 is 2.50 bits per heavy atom. The molecule has 0 saturated heterocycles. The van der Waals surface area contributed by atoms with Crippen molar-refractivity contribution in [2.45, 2.75) is 11.8 Å². The van der Waals surface area contributed by atoms with Crippen LogP contribution in [0.3, 0.4) is 0 Å². The van der Waals surface area contributed by atoms with Crippen LogP contribution in [0.4, 0.5) is 0 Å². The summed E-state index contributed by atoms with van der Waals surface area (Å²) in [5, 5.41) is 9.25. The summed E-state index contributed by atoms with van der Waals surface area (Å²) >= 11 is 5.88. The molecule has 2 aromatic rings. The van der Waals surface area contributed by atoms with Gasteiger partial charge in [0.2, 0.25) is 0 Å². The third-order valence-electron chi connectivity index (χ3n) is 2.81. The molecule has 22 heavy (non-hydrogen) atoms. The van der Waals surface area contributed by atoms with Gasteiger partial charge in [-0.05, 0) is 31.2 Å². The molecule has 0 amide bonds. The van der Waals surface area contributed by atoms with Gasteiger partial charge in [-0.25, -0.2) is 0 Å². The summed E-state index contributed by atoms with van der Waals surface area (Å²) in [6.45, 7) is 1.85. The number of halogens is 1. The second-order valence-corrected chi connectivity index (χ2v) is 6.48. The minimum atomic E-state index is -4.02. The molecule has 2 rings (SSSR count). The molecule has 0 aromatic heterocycles. The molecule has 0 bridgehead atoms. The van der Waals surface area contributed by atoms with Gasteiger partial charge < -0.3 is 4.18 Å². The predicted octanol–water partition coefficient (Wildman–Crippen LogP) is 3.92. The highest BCUT2D eigenvalue weighted by Crippen LogP contribution is 2.24. The number of allylic oxidation sites excluding steroid dienone is 1. The van der Waals surface area contributed by atoms with Crippen molar-refractivity contribution in [1.82, 2.24) is 0 Å². The third kappa shape index (κ3) is 3.88. The van der Waals surface area contributed by atoms with Crippen molar-refractivity contribution in [3.8, 4) is 6.07 Å². The lowest BCUT2D eigenvalue weighted by molar-refractivity contribution is 0.463. The Morgan fingerprint density at radius 2 is 1.91 bits per heavy atom. The van der Waals surface area contributed by atoms with Crippen molar-refractivity contribution < 1.29 is 12.6 Å². The Morgan fingerprint density at radius 1 is 1.23 bits per heavy atom. The van der Waals surface area contributed by atoms with Gasteiger partial charge in [-0.15, -0.1) is 0 Å². The highest BCUT2D eigenvalue weighted by atomic mass is 35.5. The van der Waals surface area contributed by atoms with Crippen LogP contribution in [0, 0.1) is 18.3 Å². The maximum Gasteiger partial charge on any atom is 0.339 e. The van der Waals surface area contributed by atoms with E-state index in [1.165, 1.54) is 18.2 Å². The van der Waals surface area contributed by atoms with Crippen LogP contribution in [-0.2, 0) is 14.3 Å². The van der Waals surface area contributed by atoms with Crippen LogP contribution in [0.15, 0.2) is 59.5 Å². The fraction of sp³-hybridized carbons (Fsp3) is 0.0625. The van der Waals surface area contributed by atoms with E-state index in [2.05, 4.69) is 0 Å². The first kappa shape index (κ1) is 16.1. The SMILES string of the molecule is Cc1ccc(S(=O)(=O)O/C(=C\C#N)c2cccc(Cl)c2)cc1. The van der Waals surface area contributed by atoms with E-state index in [9.17, 15) is 8.42 Å². The van der Waals surface area contributed by atoms with Crippen molar-refractivity contribution in [2.75, 3.05) is 0 Å². The number of hydrogen-bond donors (Lipinski definition) is 0. The molecule has 0 saturated carbocycles. The van der Waals surface area contributed by atoms with Gasteiger partial charge in [0.1, 0.15) is 4.90 Å². The maximum atomic E-state index is 12.3. The van der Waals surface area contributed by atoms with Gasteiger partial charge in [-0.2, -0.15) is 13.7 Å². The zero-order valence-corrected chi connectivity index (χ0v) is 13.2. The normalized spacial score (nSPS) is 11.8. The summed E-state index contributed by atoms with van der Waals surface area (Å²) in [6.07, 6.45) is 1.03. The van der Waals surface area contributed by atoms with Gasteiger partial charge in [-0.3, -0.25) is 0 Å². The Kier molecular flexibility index (Phi) is 4.86. The number of hydrogen-bond acceptors (Lipinski definition) is 4. The van der Waals surface area contributed by atoms with Gasteiger partial charge in [0.15, 0.2) is 5.76 Å². The van der Waals surface area contributed by atoms with E-state index >= 15 is 0 Å². The molecule has 0 aliphatic rings. The van der Waals surface area contributed by atoms with Crippen LogP contribution in [0.25, 0.3) is 5.76 Å². The third-order valence-corrected chi connectivity index (χ3v) is 4.30. The summed E-state index contributed by atoms with van der Waals surface area (Å²) in [5.74, 6) is -0.0782. The first-order valence-electron chi connectivity index (χ1n) is 6.29. The number of rotatable bonds is 4. The van der Waals surface area contributed by atoms with Gasteiger partial charge in [0, 0.05) is 10.6 Å². The van der Waals surface area contributed by atoms with Crippen molar-refractivity contribution in [1.29, 1.82) is 5.26 Å². The summed E-state index contributed by atoms with van der Waals surface area (Å²) < 4.78 is 29.7. The number of nitriles is 1. The van der Waals surface area contributed by atoms with Crippen molar-refractivity contribution in [2.24, 2.45) is 0 Å². The molecule has 0 heterocycles. The largest absolute Gasteiger partial charge is 0.378 e. The topological polar surface area (TPSA) is 67.2 Å². The zero-order chi connectivity index (χ0) is 16.2. The summed E-state index contributed by atoms with van der Waals surface area (Å²) in [6, 6.07) is 14.4. The molecule has 0 aliphatic heterocycles. The van der Waals surface area contributed by atoms with Gasteiger partial charge in [-0.1, -0.05) is 41.4 Å². The second-order valence-electron chi connectivity index (χ2n) is 4.50. The van der Waals surface area contributed by atoms with Crippen molar-refractivity contribution in [3.63, 3.8) is 0 Å². The van der Waals surface area contributed by atoms with E-state index in [1.54, 1.807) is 36.4 Å². The standard InChI is InChI=1S/C16H12ClNO3S/c1-12-5-7-15(8-6-12)22(19,20)21-16(9-10-18)13-3-2-4-14(17)11-13/h2-9,11H,1H3/b16-9-. The van der Waals surface area contributed by atoms with Crippen LogP contribution >= 0.6 is 11.6 Å². The predicted molar refractivity (Wildman–Crippen MR) is 84.5 cm³/mol. The molecule has 0 radical (unpaired) electrons. The Hall–Kier alpha value is -2.29. The lowest BCUT2D eigenvalue weighted by atomic mass is 10.2. The summed E-state index contributed by atoms with van der Waals surface area (Å²) in [7, 11) is -4.02. The van der Waals surface area contributed by atoms with Crippen LogP contribution < -0.4 is 0 Å². The van der Waals surface area contributed by atoms with Gasteiger partial charge in [0.05, 0.1) is 12.1 Å². The molecule has 2 aromatic carbocycles. The molecule has 0 spiro atoms. The van der Waals surface area contributed by atoms with E-state index in [0.717, 1.165) is 11.6 Å². The minimum absolute atomic E-state index is 0.0176. The van der Waals surface area contributed by atoms with E-state index in [-0.39, 0.29) is 10.7 Å². The molecule has 6 heteroatoms. The highest BCUT2D eigenvalue weighted by molar-refractivity contribution is 7.87. The van der Waals surface area contributed by atoms with Gasteiger partial charge in [0.25, 0.3) is 0 Å². The fourth-order valence-corrected chi connectivity index (χ4v) is 2.86. The highest BCUT2D eigenvalue weighted by Gasteiger charge is 2.19. The molecule has 0 fully saturated rings. The molecule has 4 nitrogen and oxygen atoms in total. The van der Waals surface area contributed by atoms with E-state index in [0.29, 0.717) is 10.6 Å². The lowest BCUT2D eigenvalue weighted by Crippen LogP contribution is -2.06. The van der Waals surface area contributed by atoms with Crippen molar-refractivity contribution >= 4 is 27.5 Å². The Labute approximate surface area is 134 Å². The number of aryl methyl sites for hydroxylation is 1. The number of benzene rings is 2. The fourth-order valence-electron chi connectivity index (χ4n) is 1.73. The van der Waals surface area contributed by atoms with Crippen molar-refractivity contribution in [3.05, 3.63) is 70.8 Å². The summed E-state index contributed by atoms with van der Waals surface area (Å²) in [4.78, 5) is 0.0176. The average Bonchev–Trinajstić information content (AvgIpc) is 2.47. The van der Waals surface area contributed by atoms with Crippen LogP contribution in [0.1, 0.15) is 11.1 Å². The quantitative estimate of drug-likeness (QED) is 0.483. The van der Waals surface area contributed by atoms with Crippen LogP contribution in [-0.4, -0.2) is 8.42 Å². The monoisotopic (exact) mass is 333 g/mol.